The number of hydrogen-bond acceptors (Lipinski definition) is 7. The van der Waals surface area contributed by atoms with Crippen molar-refractivity contribution in [2.75, 3.05) is 27.9 Å². The highest BCUT2D eigenvalue weighted by atomic mass is 32.1. The Morgan fingerprint density at radius 1 is 1.07 bits per heavy atom. The zero-order valence-electron chi connectivity index (χ0n) is 15.7. The second-order valence-electron chi connectivity index (χ2n) is 5.91. The van der Waals surface area contributed by atoms with Gasteiger partial charge >= 0.3 is 0 Å². The lowest BCUT2D eigenvalue weighted by atomic mass is 9.94. The molecule has 6 nitrogen and oxygen atoms in total. The van der Waals surface area contributed by atoms with Crippen LogP contribution < -0.4 is 19.5 Å². The first-order valence-corrected chi connectivity index (χ1v) is 10.2. The minimum Gasteiger partial charge on any atom is -0.493 e. The molecule has 1 unspecified atom stereocenters. The van der Waals surface area contributed by atoms with E-state index in [1.807, 2.05) is 34.3 Å². The van der Waals surface area contributed by atoms with Crippen molar-refractivity contribution in [1.29, 1.82) is 0 Å². The van der Waals surface area contributed by atoms with E-state index in [0.29, 0.717) is 17.1 Å². The fraction of sp³-hybridized carbons (Fsp3) is 0.250. The van der Waals surface area contributed by atoms with Crippen LogP contribution in [0.4, 0.5) is 0 Å². The molecule has 28 heavy (non-hydrogen) atoms. The lowest BCUT2D eigenvalue weighted by molar-refractivity contribution is 0.0719. The monoisotopic (exact) mass is 419 g/mol. The van der Waals surface area contributed by atoms with E-state index in [-0.39, 0.29) is 18.2 Å². The molecule has 0 aliphatic carbocycles. The van der Waals surface area contributed by atoms with Gasteiger partial charge in [-0.05, 0) is 40.4 Å². The van der Waals surface area contributed by atoms with E-state index in [1.54, 1.807) is 12.1 Å². The van der Waals surface area contributed by atoms with Crippen LogP contribution in [0.25, 0.3) is 0 Å². The van der Waals surface area contributed by atoms with Gasteiger partial charge in [0.05, 0.1) is 33.4 Å². The number of carbonyl (C=O) groups is 1. The van der Waals surface area contributed by atoms with E-state index < -0.39 is 5.60 Å². The summed E-state index contributed by atoms with van der Waals surface area (Å²) in [7, 11) is 4.45. The van der Waals surface area contributed by atoms with Gasteiger partial charge in [0.1, 0.15) is 5.60 Å². The Hall–Kier alpha value is -2.55. The highest BCUT2D eigenvalue weighted by molar-refractivity contribution is 7.10. The number of thiophene rings is 2. The lowest BCUT2D eigenvalue weighted by Crippen LogP contribution is -2.41. The van der Waals surface area contributed by atoms with Crippen LogP contribution in [0.3, 0.4) is 0 Å². The van der Waals surface area contributed by atoms with Crippen molar-refractivity contribution in [3.05, 3.63) is 62.5 Å². The molecule has 2 N–H and O–H groups in total. The first-order chi connectivity index (χ1) is 13.5. The normalized spacial score (nSPS) is 12.9. The molecule has 2 aromatic heterocycles. The van der Waals surface area contributed by atoms with Gasteiger partial charge in [0.2, 0.25) is 5.75 Å². The van der Waals surface area contributed by atoms with Crippen LogP contribution in [0.2, 0.25) is 0 Å². The minimum absolute atomic E-state index is 0.0145. The molecule has 1 aromatic carbocycles. The number of rotatable bonds is 8. The highest BCUT2D eigenvalue weighted by Crippen LogP contribution is 2.40. The molecule has 0 spiro atoms. The molecule has 0 radical (unpaired) electrons. The molecular weight excluding hydrogens is 398 g/mol. The van der Waals surface area contributed by atoms with E-state index >= 15 is 0 Å². The van der Waals surface area contributed by atoms with Crippen molar-refractivity contribution in [3.8, 4) is 17.2 Å². The summed E-state index contributed by atoms with van der Waals surface area (Å²) >= 11 is 2.93. The Bertz CT molecular complexity index is 888. The van der Waals surface area contributed by atoms with E-state index in [0.717, 1.165) is 10.4 Å². The zero-order valence-corrected chi connectivity index (χ0v) is 17.4. The van der Waals surface area contributed by atoms with Crippen LogP contribution in [0.5, 0.6) is 17.2 Å². The molecule has 3 aromatic rings. The third-order valence-electron chi connectivity index (χ3n) is 4.38. The molecule has 0 fully saturated rings. The van der Waals surface area contributed by atoms with Crippen LogP contribution in [-0.4, -0.2) is 38.9 Å². The molecule has 8 heteroatoms. The molecule has 0 aliphatic rings. The average Bonchev–Trinajstić information content (AvgIpc) is 3.44. The van der Waals surface area contributed by atoms with Gasteiger partial charge in [0.15, 0.2) is 11.5 Å². The molecular formula is C20H21NO5S2. The number of methoxy groups -OCH3 is 3. The summed E-state index contributed by atoms with van der Waals surface area (Å²) < 4.78 is 16.0. The molecule has 0 saturated carbocycles. The van der Waals surface area contributed by atoms with Gasteiger partial charge < -0.3 is 24.6 Å². The van der Waals surface area contributed by atoms with Gasteiger partial charge in [0, 0.05) is 10.4 Å². The van der Waals surface area contributed by atoms with Gasteiger partial charge in [-0.15, -0.1) is 11.3 Å². The van der Waals surface area contributed by atoms with E-state index in [1.165, 1.54) is 44.0 Å². The van der Waals surface area contributed by atoms with E-state index in [2.05, 4.69) is 5.32 Å². The highest BCUT2D eigenvalue weighted by Gasteiger charge is 2.34. The predicted molar refractivity (Wildman–Crippen MR) is 110 cm³/mol. The number of carbonyl (C=O) groups excluding carboxylic acids is 1. The van der Waals surface area contributed by atoms with Crippen molar-refractivity contribution in [2.45, 2.75) is 5.60 Å². The largest absolute Gasteiger partial charge is 0.493 e. The van der Waals surface area contributed by atoms with Crippen molar-refractivity contribution >= 4 is 28.6 Å². The van der Waals surface area contributed by atoms with Crippen LogP contribution in [-0.2, 0) is 5.60 Å². The Morgan fingerprint density at radius 3 is 2.43 bits per heavy atom. The van der Waals surface area contributed by atoms with Crippen molar-refractivity contribution < 1.29 is 24.1 Å². The number of hydrogen-bond donors (Lipinski definition) is 2. The molecule has 3 rings (SSSR count). The average molecular weight is 420 g/mol. The van der Waals surface area contributed by atoms with Crippen LogP contribution in [0.1, 0.15) is 20.8 Å². The Labute approximate surface area is 171 Å². The first-order valence-electron chi connectivity index (χ1n) is 8.41. The number of amides is 1. The summed E-state index contributed by atoms with van der Waals surface area (Å²) in [4.78, 5) is 13.6. The lowest BCUT2D eigenvalue weighted by Gasteiger charge is -2.27. The molecule has 1 amide bonds. The quantitative estimate of drug-likeness (QED) is 0.584. The summed E-state index contributed by atoms with van der Waals surface area (Å²) in [5.74, 6) is 0.686. The Balaban J connectivity index is 1.89. The topological polar surface area (TPSA) is 77.0 Å². The Kier molecular flexibility index (Phi) is 6.23. The maximum absolute atomic E-state index is 12.9. The SMILES string of the molecule is COc1ccc(C(=O)NCC(O)(c2ccsc2)c2cccs2)c(OC)c1OC. The predicted octanol–water partition coefficient (Wildman–Crippen LogP) is 3.50. The summed E-state index contributed by atoms with van der Waals surface area (Å²) in [5, 5.41) is 19.9. The number of benzene rings is 1. The van der Waals surface area contributed by atoms with Crippen molar-refractivity contribution in [2.24, 2.45) is 0 Å². The van der Waals surface area contributed by atoms with Crippen molar-refractivity contribution in [3.63, 3.8) is 0 Å². The summed E-state index contributed by atoms with van der Waals surface area (Å²) in [6.45, 7) is 0.0145. The number of nitrogens with one attached hydrogen (secondary N) is 1. The second kappa shape index (κ2) is 8.64. The van der Waals surface area contributed by atoms with Crippen LogP contribution in [0.15, 0.2) is 46.5 Å². The molecule has 1 atom stereocenters. The third kappa shape index (κ3) is 3.71. The first kappa shape index (κ1) is 20.2. The smallest absolute Gasteiger partial charge is 0.255 e. The zero-order chi connectivity index (χ0) is 20.1. The van der Waals surface area contributed by atoms with E-state index in [4.69, 9.17) is 14.2 Å². The third-order valence-corrected chi connectivity index (χ3v) is 6.09. The number of aliphatic hydroxyl groups is 1. The van der Waals surface area contributed by atoms with Crippen LogP contribution in [0, 0.1) is 0 Å². The van der Waals surface area contributed by atoms with Gasteiger partial charge in [0.25, 0.3) is 5.91 Å². The van der Waals surface area contributed by atoms with Gasteiger partial charge in [-0.1, -0.05) is 6.07 Å². The molecule has 0 aliphatic heterocycles. The molecule has 0 bridgehead atoms. The van der Waals surface area contributed by atoms with Gasteiger partial charge in [-0.3, -0.25) is 4.79 Å². The summed E-state index contributed by atoms with van der Waals surface area (Å²) in [6.07, 6.45) is 0. The molecule has 2 heterocycles. The fourth-order valence-electron chi connectivity index (χ4n) is 2.93. The maximum atomic E-state index is 12.9. The second-order valence-corrected chi connectivity index (χ2v) is 7.64. The Morgan fingerprint density at radius 2 is 1.86 bits per heavy atom. The molecule has 0 saturated heterocycles. The van der Waals surface area contributed by atoms with E-state index in [9.17, 15) is 9.90 Å². The summed E-state index contributed by atoms with van der Waals surface area (Å²) in [6, 6.07) is 8.82. The molecule has 148 valence electrons. The van der Waals surface area contributed by atoms with Gasteiger partial charge in [-0.25, -0.2) is 0 Å². The summed E-state index contributed by atoms with van der Waals surface area (Å²) in [5.41, 5.74) is -0.285. The standard InChI is InChI=1S/C20H21NO5S2/c1-24-15-7-6-14(17(25-2)18(15)26-3)19(22)21-12-20(23,13-8-10-27-11-13)16-5-4-9-28-16/h4-11,23H,12H2,1-3H3,(H,21,22). The number of ether oxygens (including phenoxy) is 3. The van der Waals surface area contributed by atoms with Crippen LogP contribution >= 0.6 is 22.7 Å². The maximum Gasteiger partial charge on any atom is 0.255 e. The fourth-order valence-corrected chi connectivity index (χ4v) is 4.50. The van der Waals surface area contributed by atoms with Crippen molar-refractivity contribution in [1.82, 2.24) is 5.32 Å². The minimum atomic E-state index is -1.31. The van der Waals surface area contributed by atoms with Gasteiger partial charge in [-0.2, -0.15) is 11.3 Å².